The van der Waals surface area contributed by atoms with Crippen LogP contribution in [0.3, 0.4) is 0 Å². The highest BCUT2D eigenvalue weighted by Crippen LogP contribution is 2.26. The number of piperidine rings is 1. The number of carbonyl (C=O) groups excluding carboxylic acids is 2. The smallest absolute Gasteiger partial charge is 0.255 e. The molecule has 1 aliphatic heterocycles. The minimum Gasteiger partial charge on any atom is -0.326 e. The van der Waals surface area contributed by atoms with Gasteiger partial charge in [-0.15, -0.1) is 0 Å². The van der Waals surface area contributed by atoms with Crippen LogP contribution in [0.5, 0.6) is 0 Å². The Bertz CT molecular complexity index is 1400. The van der Waals surface area contributed by atoms with Gasteiger partial charge >= 0.3 is 0 Å². The Morgan fingerprint density at radius 3 is 2.00 bits per heavy atom. The van der Waals surface area contributed by atoms with Crippen LogP contribution in [-0.4, -0.2) is 37.6 Å². The maximum atomic E-state index is 12.9. The molecular formula is C30H35N3O4S. The zero-order chi connectivity index (χ0) is 27.5. The van der Waals surface area contributed by atoms with Gasteiger partial charge in [-0.2, -0.15) is 4.31 Å². The van der Waals surface area contributed by atoms with E-state index in [1.165, 1.54) is 4.31 Å². The lowest BCUT2D eigenvalue weighted by atomic mass is 9.87. The molecule has 3 aromatic rings. The van der Waals surface area contributed by atoms with Crippen molar-refractivity contribution in [1.29, 1.82) is 0 Å². The number of benzene rings is 3. The average molecular weight is 534 g/mol. The number of anilines is 2. The van der Waals surface area contributed by atoms with Crippen molar-refractivity contribution in [1.82, 2.24) is 4.31 Å². The van der Waals surface area contributed by atoms with Crippen LogP contribution in [0.2, 0.25) is 0 Å². The van der Waals surface area contributed by atoms with Gasteiger partial charge in [0, 0.05) is 35.9 Å². The van der Waals surface area contributed by atoms with Crippen LogP contribution in [0, 0.1) is 12.8 Å². The predicted octanol–water partition coefficient (Wildman–Crippen LogP) is 5.58. The van der Waals surface area contributed by atoms with Crippen LogP contribution in [0.15, 0.2) is 77.7 Å². The van der Waals surface area contributed by atoms with Crippen molar-refractivity contribution in [3.63, 3.8) is 0 Å². The number of hydrogen-bond acceptors (Lipinski definition) is 4. The predicted molar refractivity (Wildman–Crippen MR) is 151 cm³/mol. The average Bonchev–Trinajstić information content (AvgIpc) is 2.89. The van der Waals surface area contributed by atoms with Crippen LogP contribution in [-0.2, 0) is 20.2 Å². The maximum absolute atomic E-state index is 12.9. The second kappa shape index (κ2) is 11.1. The van der Waals surface area contributed by atoms with E-state index in [2.05, 4.69) is 31.4 Å². The molecule has 1 heterocycles. The molecule has 1 aliphatic rings. The van der Waals surface area contributed by atoms with Gasteiger partial charge in [0.05, 0.1) is 4.90 Å². The van der Waals surface area contributed by atoms with Crippen molar-refractivity contribution in [2.75, 3.05) is 23.7 Å². The number of carbonyl (C=O) groups is 2. The summed E-state index contributed by atoms with van der Waals surface area (Å²) in [4.78, 5) is 25.9. The lowest BCUT2D eigenvalue weighted by Gasteiger charge is -2.30. The van der Waals surface area contributed by atoms with Gasteiger partial charge < -0.3 is 10.6 Å². The molecule has 38 heavy (non-hydrogen) atoms. The molecule has 4 rings (SSSR count). The van der Waals surface area contributed by atoms with Crippen LogP contribution in [0.4, 0.5) is 11.4 Å². The summed E-state index contributed by atoms with van der Waals surface area (Å²) in [6.45, 7) is 8.86. The van der Waals surface area contributed by atoms with E-state index in [-0.39, 0.29) is 28.0 Å². The Labute approximate surface area is 225 Å². The van der Waals surface area contributed by atoms with Crippen molar-refractivity contribution in [3.8, 4) is 0 Å². The second-order valence-corrected chi connectivity index (χ2v) is 12.8. The van der Waals surface area contributed by atoms with Gasteiger partial charge in [0.25, 0.3) is 5.91 Å². The Kier molecular flexibility index (Phi) is 8.04. The summed E-state index contributed by atoms with van der Waals surface area (Å²) in [7, 11) is -3.58. The Morgan fingerprint density at radius 1 is 0.842 bits per heavy atom. The van der Waals surface area contributed by atoms with E-state index in [0.717, 1.165) is 11.1 Å². The van der Waals surface area contributed by atoms with Crippen molar-refractivity contribution in [3.05, 3.63) is 89.5 Å². The monoisotopic (exact) mass is 533 g/mol. The summed E-state index contributed by atoms with van der Waals surface area (Å²) in [6, 6.07) is 21.4. The van der Waals surface area contributed by atoms with E-state index < -0.39 is 10.0 Å². The van der Waals surface area contributed by atoms with Crippen LogP contribution >= 0.6 is 0 Å². The molecule has 3 aromatic carbocycles. The van der Waals surface area contributed by atoms with E-state index in [1.807, 2.05) is 31.2 Å². The van der Waals surface area contributed by atoms with Gasteiger partial charge in [0.2, 0.25) is 15.9 Å². The minimum atomic E-state index is -3.58. The van der Waals surface area contributed by atoms with Crippen LogP contribution < -0.4 is 10.6 Å². The lowest BCUT2D eigenvalue weighted by Crippen LogP contribution is -2.41. The van der Waals surface area contributed by atoms with Gasteiger partial charge in [-0.3, -0.25) is 9.59 Å². The first-order chi connectivity index (χ1) is 17.9. The molecule has 0 bridgehead atoms. The van der Waals surface area contributed by atoms with Crippen molar-refractivity contribution in [2.24, 2.45) is 5.92 Å². The molecule has 8 heteroatoms. The largest absolute Gasteiger partial charge is 0.326 e. The first-order valence-electron chi connectivity index (χ1n) is 12.8. The topological polar surface area (TPSA) is 95.6 Å². The van der Waals surface area contributed by atoms with Gasteiger partial charge in [0.1, 0.15) is 0 Å². The molecule has 2 amide bonds. The molecule has 0 saturated carbocycles. The van der Waals surface area contributed by atoms with E-state index in [4.69, 9.17) is 0 Å². The summed E-state index contributed by atoms with van der Waals surface area (Å²) < 4.78 is 27.3. The highest BCUT2D eigenvalue weighted by Gasteiger charge is 2.32. The van der Waals surface area contributed by atoms with Crippen LogP contribution in [0.25, 0.3) is 0 Å². The van der Waals surface area contributed by atoms with Crippen molar-refractivity contribution >= 4 is 33.2 Å². The van der Waals surface area contributed by atoms with E-state index in [0.29, 0.717) is 42.9 Å². The molecule has 2 N–H and O–H groups in total. The van der Waals surface area contributed by atoms with Gasteiger partial charge in [-0.25, -0.2) is 8.42 Å². The summed E-state index contributed by atoms with van der Waals surface area (Å²) in [5, 5.41) is 5.81. The van der Waals surface area contributed by atoms with E-state index >= 15 is 0 Å². The molecule has 200 valence electrons. The number of nitrogens with one attached hydrogen (secondary N) is 2. The van der Waals surface area contributed by atoms with Crippen molar-refractivity contribution < 1.29 is 18.0 Å². The minimum absolute atomic E-state index is 0.00746. The Morgan fingerprint density at radius 2 is 1.42 bits per heavy atom. The van der Waals surface area contributed by atoms with E-state index in [1.54, 1.807) is 48.5 Å². The number of amides is 2. The quantitative estimate of drug-likeness (QED) is 0.432. The van der Waals surface area contributed by atoms with E-state index in [9.17, 15) is 18.0 Å². The molecule has 0 unspecified atom stereocenters. The summed E-state index contributed by atoms with van der Waals surface area (Å²) in [6.07, 6.45) is 0.885. The van der Waals surface area contributed by atoms with Crippen molar-refractivity contribution in [2.45, 2.75) is 50.8 Å². The first kappa shape index (κ1) is 27.5. The zero-order valence-electron chi connectivity index (χ0n) is 22.3. The number of nitrogens with zero attached hydrogens (tertiary/aromatic N) is 1. The van der Waals surface area contributed by atoms with Crippen LogP contribution in [0.1, 0.15) is 55.1 Å². The molecule has 0 radical (unpaired) electrons. The lowest BCUT2D eigenvalue weighted by molar-refractivity contribution is -0.120. The molecule has 7 nitrogen and oxygen atoms in total. The maximum Gasteiger partial charge on any atom is 0.255 e. The zero-order valence-corrected chi connectivity index (χ0v) is 23.1. The number of aryl methyl sites for hydroxylation is 1. The molecule has 0 atom stereocenters. The summed E-state index contributed by atoms with van der Waals surface area (Å²) in [5.74, 6) is -0.672. The summed E-state index contributed by atoms with van der Waals surface area (Å²) >= 11 is 0. The third-order valence-corrected chi connectivity index (χ3v) is 8.80. The molecule has 1 saturated heterocycles. The normalized spacial score (nSPS) is 15.2. The highest BCUT2D eigenvalue weighted by atomic mass is 32.2. The first-order valence-corrected chi connectivity index (χ1v) is 14.3. The fourth-order valence-electron chi connectivity index (χ4n) is 4.46. The highest BCUT2D eigenvalue weighted by molar-refractivity contribution is 7.89. The molecule has 0 spiro atoms. The fourth-order valence-corrected chi connectivity index (χ4v) is 5.93. The fraction of sp³-hybridized carbons (Fsp3) is 0.333. The standard InChI is InChI=1S/C30H35N3O4S/c1-21-8-14-27(15-9-21)38(36,37)33-18-16-23(17-19-33)29(35)32-26-7-5-6-25(20-26)31-28(34)22-10-12-24(13-11-22)30(2,3)4/h5-15,20,23H,16-19H2,1-4H3,(H,31,34)(H,32,35). The number of hydrogen-bond donors (Lipinski definition) is 2. The third-order valence-electron chi connectivity index (χ3n) is 6.88. The van der Waals surface area contributed by atoms with Gasteiger partial charge in [-0.05, 0) is 73.2 Å². The summed E-state index contributed by atoms with van der Waals surface area (Å²) in [5.41, 5.74) is 3.86. The number of rotatable bonds is 6. The van der Waals surface area contributed by atoms with Gasteiger partial charge in [0.15, 0.2) is 0 Å². The Balaban J connectivity index is 1.33. The molecule has 0 aliphatic carbocycles. The second-order valence-electron chi connectivity index (χ2n) is 10.8. The van der Waals surface area contributed by atoms with Gasteiger partial charge in [-0.1, -0.05) is 56.7 Å². The molecular weight excluding hydrogens is 498 g/mol. The third kappa shape index (κ3) is 6.49. The Hall–Kier alpha value is -3.49. The number of sulfonamides is 1. The molecule has 1 fully saturated rings. The SMILES string of the molecule is Cc1ccc(S(=O)(=O)N2CCC(C(=O)Nc3cccc(NC(=O)c4ccc(C(C)(C)C)cc4)c3)CC2)cc1. The molecule has 0 aromatic heterocycles.